The van der Waals surface area contributed by atoms with Gasteiger partial charge in [0.15, 0.2) is 0 Å². The number of hydrogen-bond donors (Lipinski definition) is 1. The van der Waals surface area contributed by atoms with Gasteiger partial charge < -0.3 is 5.11 Å². The van der Waals surface area contributed by atoms with Gasteiger partial charge in [0.25, 0.3) is 5.88 Å². The topological polar surface area (TPSA) is 45.6 Å². The van der Waals surface area contributed by atoms with Crippen molar-refractivity contribution >= 4 is 16.3 Å². The predicted molar refractivity (Wildman–Crippen MR) is 73.7 cm³/mol. The fraction of sp³-hybridized carbons (Fsp3) is 0.143. The van der Waals surface area contributed by atoms with E-state index in [9.17, 15) is 9.90 Å². The Balaban J connectivity index is 2.23. The summed E-state index contributed by atoms with van der Waals surface area (Å²) in [5.74, 6) is 0.0382. The summed E-state index contributed by atoms with van der Waals surface area (Å²) in [6.45, 7) is 2.18. The van der Waals surface area contributed by atoms with Crippen molar-refractivity contribution in [1.29, 1.82) is 0 Å². The fourth-order valence-electron chi connectivity index (χ4n) is 2.10. The zero-order valence-corrected chi connectivity index (χ0v) is 11.2. The Hall–Kier alpha value is -2.14. The van der Waals surface area contributed by atoms with E-state index in [0.29, 0.717) is 12.1 Å². The molecule has 0 spiro atoms. The molecule has 0 radical (unpaired) electrons. The SMILES string of the molecule is Cc1c(O)[n+](Cc2ccccc2)c2sccn2c1=O. The first-order valence-electron chi connectivity index (χ1n) is 5.93. The van der Waals surface area contributed by atoms with Crippen molar-refractivity contribution in [2.45, 2.75) is 13.5 Å². The van der Waals surface area contributed by atoms with Crippen molar-refractivity contribution in [2.24, 2.45) is 0 Å². The van der Waals surface area contributed by atoms with Crippen molar-refractivity contribution in [1.82, 2.24) is 4.40 Å². The summed E-state index contributed by atoms with van der Waals surface area (Å²) in [5, 5.41) is 12.1. The second-order valence-corrected chi connectivity index (χ2v) is 5.25. The van der Waals surface area contributed by atoms with Gasteiger partial charge in [-0.1, -0.05) is 41.7 Å². The maximum atomic E-state index is 12.0. The number of benzene rings is 1. The van der Waals surface area contributed by atoms with Crippen LogP contribution in [0.15, 0.2) is 46.7 Å². The minimum atomic E-state index is -0.168. The molecular weight excluding hydrogens is 260 g/mol. The minimum absolute atomic E-state index is 0.0382. The summed E-state index contributed by atoms with van der Waals surface area (Å²) in [6, 6.07) is 9.87. The van der Waals surface area contributed by atoms with Crippen molar-refractivity contribution in [3.63, 3.8) is 0 Å². The molecule has 3 rings (SSSR count). The number of aromatic nitrogens is 2. The smallest absolute Gasteiger partial charge is 0.351 e. The Bertz CT molecular complexity index is 790. The molecule has 1 aromatic carbocycles. The Morgan fingerprint density at radius 3 is 2.79 bits per heavy atom. The predicted octanol–water partition coefficient (Wildman–Crippen LogP) is 1.71. The van der Waals surface area contributed by atoms with Gasteiger partial charge in [-0.05, 0) is 12.5 Å². The first kappa shape index (κ1) is 11.9. The zero-order chi connectivity index (χ0) is 13.4. The second kappa shape index (κ2) is 4.51. The highest BCUT2D eigenvalue weighted by atomic mass is 32.1. The van der Waals surface area contributed by atoms with Crippen LogP contribution in [0.4, 0.5) is 0 Å². The molecule has 19 heavy (non-hydrogen) atoms. The Morgan fingerprint density at radius 2 is 2.05 bits per heavy atom. The molecule has 96 valence electrons. The molecular formula is C14H13N2O2S+. The normalized spacial score (nSPS) is 11.0. The van der Waals surface area contributed by atoms with E-state index >= 15 is 0 Å². The van der Waals surface area contributed by atoms with Crippen LogP contribution in [-0.2, 0) is 6.54 Å². The van der Waals surface area contributed by atoms with Crippen molar-refractivity contribution in [2.75, 3.05) is 0 Å². The molecule has 0 unspecified atom stereocenters. The molecule has 0 bridgehead atoms. The molecule has 2 aromatic heterocycles. The summed E-state index contributed by atoms with van der Waals surface area (Å²) >= 11 is 1.44. The van der Waals surface area contributed by atoms with Gasteiger partial charge in [0.1, 0.15) is 18.3 Å². The number of rotatable bonds is 2. The molecule has 1 N–H and O–H groups in total. The lowest BCUT2D eigenvalue weighted by molar-refractivity contribution is -0.670. The second-order valence-electron chi connectivity index (χ2n) is 4.38. The molecule has 5 heteroatoms. The zero-order valence-electron chi connectivity index (χ0n) is 10.4. The highest BCUT2D eigenvalue weighted by Crippen LogP contribution is 2.13. The Labute approximate surface area is 113 Å². The van der Waals surface area contributed by atoms with Crippen LogP contribution in [0.1, 0.15) is 11.1 Å². The lowest BCUT2D eigenvalue weighted by Gasteiger charge is -2.05. The summed E-state index contributed by atoms with van der Waals surface area (Å²) in [6.07, 6.45) is 1.73. The van der Waals surface area contributed by atoms with Crippen molar-refractivity contribution in [3.05, 3.63) is 63.4 Å². The third-order valence-electron chi connectivity index (χ3n) is 3.13. The van der Waals surface area contributed by atoms with Crippen LogP contribution >= 0.6 is 11.3 Å². The first-order chi connectivity index (χ1) is 9.18. The molecule has 2 heterocycles. The van der Waals surface area contributed by atoms with Gasteiger partial charge in [0.05, 0.1) is 0 Å². The third-order valence-corrected chi connectivity index (χ3v) is 4.02. The molecule has 3 aromatic rings. The van der Waals surface area contributed by atoms with Gasteiger partial charge in [-0.25, -0.2) is 4.79 Å². The summed E-state index contributed by atoms with van der Waals surface area (Å²) in [7, 11) is 0. The van der Waals surface area contributed by atoms with E-state index in [1.165, 1.54) is 11.3 Å². The quantitative estimate of drug-likeness (QED) is 0.723. The van der Waals surface area contributed by atoms with Crippen molar-refractivity contribution in [3.8, 4) is 5.88 Å². The minimum Gasteiger partial charge on any atom is -0.477 e. The van der Waals surface area contributed by atoms with E-state index < -0.39 is 0 Å². The molecule has 0 aliphatic heterocycles. The maximum absolute atomic E-state index is 12.0. The third kappa shape index (κ3) is 1.92. The molecule has 0 aliphatic rings. The van der Waals surface area contributed by atoms with Crippen LogP contribution in [0, 0.1) is 6.92 Å². The van der Waals surface area contributed by atoms with Crippen LogP contribution in [-0.4, -0.2) is 9.51 Å². The highest BCUT2D eigenvalue weighted by Gasteiger charge is 2.22. The molecule has 0 atom stereocenters. The number of thiazole rings is 1. The van der Waals surface area contributed by atoms with E-state index in [2.05, 4.69) is 0 Å². The summed E-state index contributed by atoms with van der Waals surface area (Å²) in [5.41, 5.74) is 1.28. The van der Waals surface area contributed by atoms with Gasteiger partial charge in [-0.15, -0.1) is 0 Å². The summed E-state index contributed by atoms with van der Waals surface area (Å²) < 4.78 is 3.33. The van der Waals surface area contributed by atoms with Crippen LogP contribution in [0.2, 0.25) is 0 Å². The molecule has 0 aliphatic carbocycles. The number of aromatic hydroxyl groups is 1. The van der Waals surface area contributed by atoms with Crippen molar-refractivity contribution < 1.29 is 9.67 Å². The van der Waals surface area contributed by atoms with Crippen LogP contribution in [0.3, 0.4) is 0 Å². The molecule has 0 saturated heterocycles. The van der Waals surface area contributed by atoms with E-state index in [1.807, 2.05) is 35.7 Å². The lowest BCUT2D eigenvalue weighted by Crippen LogP contribution is -2.40. The van der Waals surface area contributed by atoms with E-state index in [0.717, 1.165) is 10.5 Å². The molecule has 0 amide bonds. The number of nitrogens with zero attached hydrogens (tertiary/aromatic N) is 2. The lowest BCUT2D eigenvalue weighted by atomic mass is 10.2. The van der Waals surface area contributed by atoms with Gasteiger partial charge in [-0.3, -0.25) is 0 Å². The van der Waals surface area contributed by atoms with Gasteiger partial charge in [0, 0.05) is 5.38 Å². The first-order valence-corrected chi connectivity index (χ1v) is 6.81. The van der Waals surface area contributed by atoms with Gasteiger partial charge in [-0.2, -0.15) is 8.97 Å². The standard InChI is InChI=1S/C14H12N2O2S/c1-10-12(17)15-7-8-19-14(15)16(13(10)18)9-11-5-3-2-4-6-11/h2-8H,9H2,1H3/p+1. The average molecular weight is 273 g/mol. The molecule has 0 fully saturated rings. The van der Waals surface area contributed by atoms with E-state index in [4.69, 9.17) is 0 Å². The fourth-order valence-corrected chi connectivity index (χ4v) is 2.94. The monoisotopic (exact) mass is 273 g/mol. The maximum Gasteiger partial charge on any atom is 0.351 e. The Kier molecular flexibility index (Phi) is 2.83. The van der Waals surface area contributed by atoms with Crippen LogP contribution < -0.4 is 10.1 Å². The number of fused-ring (bicyclic) bond motifs is 1. The summed E-state index contributed by atoms with van der Waals surface area (Å²) in [4.78, 5) is 12.7. The average Bonchev–Trinajstić information content (AvgIpc) is 2.92. The van der Waals surface area contributed by atoms with Gasteiger partial charge in [0.2, 0.25) is 0 Å². The molecule has 0 saturated carbocycles. The molecule has 4 nitrogen and oxygen atoms in total. The van der Waals surface area contributed by atoms with E-state index in [1.54, 1.807) is 22.1 Å². The number of hydrogen-bond acceptors (Lipinski definition) is 3. The Morgan fingerprint density at radius 1 is 1.32 bits per heavy atom. The highest BCUT2D eigenvalue weighted by molar-refractivity contribution is 7.14. The largest absolute Gasteiger partial charge is 0.477 e. The van der Waals surface area contributed by atoms with Crippen LogP contribution in [0.5, 0.6) is 5.88 Å². The van der Waals surface area contributed by atoms with Crippen LogP contribution in [0.25, 0.3) is 4.96 Å². The van der Waals surface area contributed by atoms with E-state index in [-0.39, 0.29) is 11.4 Å². The van der Waals surface area contributed by atoms with Gasteiger partial charge >= 0.3 is 10.5 Å².